The van der Waals surface area contributed by atoms with E-state index in [1.807, 2.05) is 42.1 Å². The first-order chi connectivity index (χ1) is 11.5. The Morgan fingerprint density at radius 2 is 1.80 bits per heavy atom. The number of halogens is 3. The number of carboxylic acids is 1. The van der Waals surface area contributed by atoms with Crippen molar-refractivity contribution in [3.05, 3.63) is 11.6 Å². The standard InChI is InChI=1S/C12H20N4OS.C2HF3O2/c1-9(8-16-11(3)13-10(2)14-16)12(17)15-4-6-18-7-5-15;3-2(4,5)1(6)7/h9H,4-8H2,1-3H3;(H,6,7). The monoisotopic (exact) mass is 382 g/mol. The Bertz CT molecular complexity index is 601. The quantitative estimate of drug-likeness (QED) is 0.857. The van der Waals surface area contributed by atoms with Gasteiger partial charge in [-0.05, 0) is 13.8 Å². The van der Waals surface area contributed by atoms with Gasteiger partial charge in [-0.25, -0.2) is 14.5 Å². The van der Waals surface area contributed by atoms with Crippen molar-refractivity contribution < 1.29 is 27.9 Å². The summed E-state index contributed by atoms with van der Waals surface area (Å²) in [4.78, 5) is 27.4. The summed E-state index contributed by atoms with van der Waals surface area (Å²) in [6, 6.07) is 0. The van der Waals surface area contributed by atoms with Gasteiger partial charge >= 0.3 is 12.1 Å². The lowest BCUT2D eigenvalue weighted by Gasteiger charge is -2.29. The van der Waals surface area contributed by atoms with Gasteiger partial charge in [0.1, 0.15) is 11.6 Å². The second-order valence-corrected chi connectivity index (χ2v) is 6.75. The normalized spacial score (nSPS) is 16.0. The third-order valence-electron chi connectivity index (χ3n) is 3.40. The molecule has 1 amide bonds. The minimum Gasteiger partial charge on any atom is -0.475 e. The van der Waals surface area contributed by atoms with Crippen molar-refractivity contribution >= 4 is 23.6 Å². The molecule has 0 aliphatic carbocycles. The van der Waals surface area contributed by atoms with Gasteiger partial charge in [-0.2, -0.15) is 30.0 Å². The molecule has 142 valence electrons. The predicted octanol–water partition coefficient (Wildman–Crippen LogP) is 1.74. The van der Waals surface area contributed by atoms with E-state index in [1.165, 1.54) is 0 Å². The number of amides is 1. The number of rotatable bonds is 3. The molecule has 0 spiro atoms. The van der Waals surface area contributed by atoms with Crippen molar-refractivity contribution in [2.24, 2.45) is 5.92 Å². The van der Waals surface area contributed by atoms with E-state index in [4.69, 9.17) is 9.90 Å². The fourth-order valence-corrected chi connectivity index (χ4v) is 3.07. The number of carbonyl (C=O) groups is 2. The first-order valence-corrected chi connectivity index (χ1v) is 8.72. The van der Waals surface area contributed by atoms with Gasteiger partial charge in [0.05, 0.1) is 12.5 Å². The molecule has 0 radical (unpaired) electrons. The number of hydrogen-bond donors (Lipinski definition) is 1. The average Bonchev–Trinajstić information content (AvgIpc) is 2.84. The SMILES string of the molecule is Cc1nc(C)n(CC(C)C(=O)N2CCSCC2)n1.O=C(O)C(F)(F)F. The lowest BCUT2D eigenvalue weighted by atomic mass is 10.1. The van der Waals surface area contributed by atoms with Crippen LogP contribution in [-0.2, 0) is 16.1 Å². The van der Waals surface area contributed by atoms with Gasteiger partial charge in [-0.3, -0.25) is 4.79 Å². The maximum atomic E-state index is 12.3. The summed E-state index contributed by atoms with van der Waals surface area (Å²) in [5.74, 6) is 1.20. The van der Waals surface area contributed by atoms with Crippen LogP contribution in [0, 0.1) is 19.8 Å². The largest absolute Gasteiger partial charge is 0.490 e. The highest BCUT2D eigenvalue weighted by Gasteiger charge is 2.38. The fraction of sp³-hybridized carbons (Fsp3) is 0.714. The molecule has 1 saturated heterocycles. The summed E-state index contributed by atoms with van der Waals surface area (Å²) in [5.41, 5.74) is 0. The van der Waals surface area contributed by atoms with Crippen LogP contribution in [0.1, 0.15) is 18.6 Å². The summed E-state index contributed by atoms with van der Waals surface area (Å²) in [5, 5.41) is 11.4. The van der Waals surface area contributed by atoms with Crippen LogP contribution in [-0.4, -0.2) is 67.4 Å². The Labute approximate surface area is 147 Å². The number of aromatic nitrogens is 3. The van der Waals surface area contributed by atoms with Gasteiger partial charge in [-0.1, -0.05) is 6.92 Å². The number of carboxylic acid groups (broad SMARTS) is 1. The third kappa shape index (κ3) is 6.92. The van der Waals surface area contributed by atoms with E-state index < -0.39 is 12.1 Å². The maximum absolute atomic E-state index is 12.3. The third-order valence-corrected chi connectivity index (χ3v) is 4.34. The van der Waals surface area contributed by atoms with Gasteiger partial charge in [0.25, 0.3) is 0 Å². The molecule has 1 N–H and O–H groups in total. The Hall–Kier alpha value is -1.78. The van der Waals surface area contributed by atoms with Crippen molar-refractivity contribution in [2.75, 3.05) is 24.6 Å². The van der Waals surface area contributed by atoms with Crippen LogP contribution in [0.4, 0.5) is 13.2 Å². The minimum atomic E-state index is -5.08. The van der Waals surface area contributed by atoms with Gasteiger partial charge in [0.15, 0.2) is 0 Å². The number of hydrogen-bond acceptors (Lipinski definition) is 5. The smallest absolute Gasteiger partial charge is 0.475 e. The second kappa shape index (κ2) is 9.07. The van der Waals surface area contributed by atoms with Gasteiger partial charge in [0.2, 0.25) is 5.91 Å². The molecule has 2 rings (SSSR count). The first-order valence-electron chi connectivity index (χ1n) is 7.57. The van der Waals surface area contributed by atoms with Crippen LogP contribution in [0.5, 0.6) is 0 Å². The zero-order valence-corrected chi connectivity index (χ0v) is 15.0. The van der Waals surface area contributed by atoms with E-state index in [0.29, 0.717) is 6.54 Å². The molecule has 0 bridgehead atoms. The van der Waals surface area contributed by atoms with E-state index in [0.717, 1.165) is 36.2 Å². The summed E-state index contributed by atoms with van der Waals surface area (Å²) in [7, 11) is 0. The molecule has 11 heteroatoms. The number of aliphatic carboxylic acids is 1. The summed E-state index contributed by atoms with van der Waals surface area (Å²) >= 11 is 1.92. The van der Waals surface area contributed by atoms with Crippen LogP contribution in [0.3, 0.4) is 0 Å². The lowest BCUT2D eigenvalue weighted by Crippen LogP contribution is -2.42. The molecule has 1 aliphatic heterocycles. The van der Waals surface area contributed by atoms with E-state index in [1.54, 1.807) is 0 Å². The molecular weight excluding hydrogens is 361 g/mol. The van der Waals surface area contributed by atoms with Crippen LogP contribution in [0.25, 0.3) is 0 Å². The van der Waals surface area contributed by atoms with Crippen molar-refractivity contribution in [2.45, 2.75) is 33.5 Å². The molecule has 1 aliphatic rings. The van der Waals surface area contributed by atoms with E-state index in [2.05, 4.69) is 10.1 Å². The molecule has 25 heavy (non-hydrogen) atoms. The van der Waals surface area contributed by atoms with Gasteiger partial charge in [0, 0.05) is 24.6 Å². The number of alkyl halides is 3. The molecule has 1 unspecified atom stereocenters. The highest BCUT2D eigenvalue weighted by molar-refractivity contribution is 7.99. The number of carbonyl (C=O) groups excluding carboxylic acids is 1. The van der Waals surface area contributed by atoms with Crippen molar-refractivity contribution in [3.63, 3.8) is 0 Å². The van der Waals surface area contributed by atoms with Crippen LogP contribution in [0.15, 0.2) is 0 Å². The first kappa shape index (κ1) is 21.3. The van der Waals surface area contributed by atoms with E-state index >= 15 is 0 Å². The number of aryl methyl sites for hydroxylation is 2. The van der Waals surface area contributed by atoms with Crippen molar-refractivity contribution in [1.29, 1.82) is 0 Å². The molecule has 1 aromatic rings. The Kier molecular flexibility index (Phi) is 7.71. The van der Waals surface area contributed by atoms with Crippen molar-refractivity contribution in [3.8, 4) is 0 Å². The summed E-state index contributed by atoms with van der Waals surface area (Å²) in [6.07, 6.45) is -5.08. The fourth-order valence-electron chi connectivity index (χ4n) is 2.17. The van der Waals surface area contributed by atoms with E-state index in [9.17, 15) is 18.0 Å². The Morgan fingerprint density at radius 1 is 1.28 bits per heavy atom. The minimum absolute atomic E-state index is 0.0344. The van der Waals surface area contributed by atoms with Gasteiger partial charge < -0.3 is 10.0 Å². The second-order valence-electron chi connectivity index (χ2n) is 5.53. The van der Waals surface area contributed by atoms with Crippen LogP contribution < -0.4 is 0 Å². The van der Waals surface area contributed by atoms with Crippen molar-refractivity contribution in [1.82, 2.24) is 19.7 Å². The maximum Gasteiger partial charge on any atom is 0.490 e. The number of nitrogens with zero attached hydrogens (tertiary/aromatic N) is 4. The lowest BCUT2D eigenvalue weighted by molar-refractivity contribution is -0.192. The average molecular weight is 382 g/mol. The number of thioether (sulfide) groups is 1. The summed E-state index contributed by atoms with van der Waals surface area (Å²) in [6.45, 7) is 8.15. The van der Waals surface area contributed by atoms with Crippen LogP contribution >= 0.6 is 11.8 Å². The predicted molar refractivity (Wildman–Crippen MR) is 86.3 cm³/mol. The van der Waals surface area contributed by atoms with Crippen LogP contribution in [0.2, 0.25) is 0 Å². The zero-order valence-electron chi connectivity index (χ0n) is 14.2. The molecule has 1 aromatic heterocycles. The molecule has 0 saturated carbocycles. The molecule has 7 nitrogen and oxygen atoms in total. The van der Waals surface area contributed by atoms with Gasteiger partial charge in [-0.15, -0.1) is 0 Å². The molecular formula is C14H21F3N4O3S. The topological polar surface area (TPSA) is 88.3 Å². The summed E-state index contributed by atoms with van der Waals surface area (Å²) < 4.78 is 33.6. The molecule has 1 fully saturated rings. The molecule has 2 heterocycles. The zero-order chi connectivity index (χ0) is 19.2. The molecule has 0 aromatic carbocycles. The van der Waals surface area contributed by atoms with E-state index in [-0.39, 0.29) is 11.8 Å². The Morgan fingerprint density at radius 3 is 2.20 bits per heavy atom. The highest BCUT2D eigenvalue weighted by atomic mass is 32.2. The Balaban J connectivity index is 0.000000381. The molecule has 1 atom stereocenters. The highest BCUT2D eigenvalue weighted by Crippen LogP contribution is 2.14.